The van der Waals surface area contributed by atoms with E-state index in [2.05, 4.69) is 24.5 Å². The molecule has 0 aliphatic carbocycles. The van der Waals surface area contributed by atoms with Crippen molar-refractivity contribution in [3.8, 4) is 0 Å². The predicted molar refractivity (Wildman–Crippen MR) is 122 cm³/mol. The van der Waals surface area contributed by atoms with Gasteiger partial charge in [0.15, 0.2) is 27.2 Å². The quantitative estimate of drug-likeness (QED) is 0.141. The third-order valence-electron chi connectivity index (χ3n) is 3.81. The Bertz CT molecular complexity index is 481. The molecule has 0 unspecified atom stereocenters. The number of hydrogen-bond acceptors (Lipinski definition) is 10. The first-order valence-corrected chi connectivity index (χ1v) is 11.6. The van der Waals surface area contributed by atoms with Crippen LogP contribution >= 0.6 is 0 Å². The summed E-state index contributed by atoms with van der Waals surface area (Å²) in [5.41, 5.74) is 0. The van der Waals surface area contributed by atoms with Gasteiger partial charge in [0.25, 0.3) is 0 Å². The first kappa shape index (κ1) is 32.6. The van der Waals surface area contributed by atoms with Gasteiger partial charge in [0.2, 0.25) is 11.8 Å². The number of hydrogen-bond donors (Lipinski definition) is 2. The second-order valence-electron chi connectivity index (χ2n) is 7.91. The highest BCUT2D eigenvalue weighted by Crippen LogP contribution is 1.98. The van der Waals surface area contributed by atoms with Gasteiger partial charge >= 0.3 is 0 Å². The summed E-state index contributed by atoms with van der Waals surface area (Å²) < 4.78 is 41.3. The molecule has 0 aromatic carbocycles. The molecular weight excluding hydrogens is 452 g/mol. The minimum atomic E-state index is -0.182. The minimum absolute atomic E-state index is 0.0160. The van der Waals surface area contributed by atoms with Crippen molar-refractivity contribution in [1.29, 1.82) is 0 Å². The number of rotatable bonds is 25. The van der Waals surface area contributed by atoms with Crippen molar-refractivity contribution in [1.82, 2.24) is 10.6 Å². The van der Waals surface area contributed by atoms with Crippen LogP contribution in [0.1, 0.15) is 47.0 Å². The van der Waals surface area contributed by atoms with Crippen LogP contribution in [0.25, 0.3) is 0 Å². The SMILES string of the molecule is CC(C)CCOCOCOCOCOCOCOCCOCCNC(=O)CCC(=O)NC(C)C. The minimum Gasteiger partial charge on any atom is -0.377 e. The smallest absolute Gasteiger partial charge is 0.220 e. The van der Waals surface area contributed by atoms with Crippen LogP contribution in [0, 0.1) is 5.92 Å². The lowest BCUT2D eigenvalue weighted by molar-refractivity contribution is -0.215. The second-order valence-corrected chi connectivity index (χ2v) is 7.91. The molecule has 12 nitrogen and oxygen atoms in total. The number of carbonyl (C=O) groups is 2. The van der Waals surface area contributed by atoms with E-state index in [9.17, 15) is 9.59 Å². The summed E-state index contributed by atoms with van der Waals surface area (Å²) in [7, 11) is 0. The summed E-state index contributed by atoms with van der Waals surface area (Å²) in [6.07, 6.45) is 1.32. The summed E-state index contributed by atoms with van der Waals surface area (Å²) in [5.74, 6) is 0.292. The van der Waals surface area contributed by atoms with Gasteiger partial charge in [-0.25, -0.2) is 0 Å². The van der Waals surface area contributed by atoms with E-state index in [4.69, 9.17) is 37.9 Å². The Kier molecular flexibility index (Phi) is 23.7. The largest absolute Gasteiger partial charge is 0.377 e. The summed E-state index contributed by atoms with van der Waals surface area (Å²) in [5, 5.41) is 5.43. The highest BCUT2D eigenvalue weighted by atomic mass is 16.8. The Morgan fingerprint density at radius 1 is 0.588 bits per heavy atom. The molecule has 0 saturated carbocycles. The molecule has 0 bridgehead atoms. The van der Waals surface area contributed by atoms with Gasteiger partial charge in [0, 0.05) is 32.0 Å². The molecule has 0 fully saturated rings. The lowest BCUT2D eigenvalue weighted by Crippen LogP contribution is -2.32. The molecule has 0 aromatic rings. The van der Waals surface area contributed by atoms with E-state index in [0.717, 1.165) is 6.42 Å². The second kappa shape index (κ2) is 24.7. The monoisotopic (exact) mass is 496 g/mol. The van der Waals surface area contributed by atoms with Crippen LogP contribution in [0.4, 0.5) is 0 Å². The van der Waals surface area contributed by atoms with Crippen LogP contribution in [0.5, 0.6) is 0 Å². The Hall–Kier alpha value is -1.38. The molecule has 0 rings (SSSR count). The average Bonchev–Trinajstić information content (AvgIpc) is 2.78. The number of ether oxygens (including phenoxy) is 8. The fourth-order valence-corrected chi connectivity index (χ4v) is 2.15. The third-order valence-corrected chi connectivity index (χ3v) is 3.81. The summed E-state index contributed by atoms with van der Waals surface area (Å²) >= 11 is 0. The zero-order chi connectivity index (χ0) is 25.3. The zero-order valence-electron chi connectivity index (χ0n) is 21.1. The number of nitrogens with one attached hydrogen (secondary N) is 2. The van der Waals surface area contributed by atoms with Gasteiger partial charge in [-0.1, -0.05) is 13.8 Å². The van der Waals surface area contributed by atoms with Gasteiger partial charge < -0.3 is 48.5 Å². The number of amides is 2. The van der Waals surface area contributed by atoms with E-state index >= 15 is 0 Å². The van der Waals surface area contributed by atoms with Crippen LogP contribution in [0.2, 0.25) is 0 Å². The summed E-state index contributed by atoms with van der Waals surface area (Å²) in [4.78, 5) is 23.1. The van der Waals surface area contributed by atoms with E-state index in [1.165, 1.54) is 0 Å². The molecule has 34 heavy (non-hydrogen) atoms. The fourth-order valence-electron chi connectivity index (χ4n) is 2.15. The molecule has 0 radical (unpaired) electrons. The van der Waals surface area contributed by atoms with Crippen LogP contribution < -0.4 is 10.6 Å². The maximum atomic E-state index is 11.6. The Labute approximate surface area is 203 Å². The van der Waals surface area contributed by atoms with Gasteiger partial charge in [-0.3, -0.25) is 9.59 Å². The first-order valence-electron chi connectivity index (χ1n) is 11.6. The van der Waals surface area contributed by atoms with Crippen molar-refractivity contribution in [2.24, 2.45) is 5.92 Å². The van der Waals surface area contributed by atoms with Gasteiger partial charge in [-0.2, -0.15) is 0 Å². The van der Waals surface area contributed by atoms with Gasteiger partial charge in [-0.05, 0) is 26.2 Å². The van der Waals surface area contributed by atoms with Crippen molar-refractivity contribution < 1.29 is 47.5 Å². The normalized spacial score (nSPS) is 11.4. The molecule has 0 spiro atoms. The highest BCUT2D eigenvalue weighted by molar-refractivity contribution is 5.83. The van der Waals surface area contributed by atoms with Crippen LogP contribution in [0.15, 0.2) is 0 Å². The van der Waals surface area contributed by atoms with Gasteiger partial charge in [0.1, 0.15) is 13.6 Å². The van der Waals surface area contributed by atoms with E-state index in [1.54, 1.807) is 0 Å². The third kappa shape index (κ3) is 26.9. The molecular formula is C22H44N2O10. The number of carbonyl (C=O) groups excluding carboxylic acids is 2. The molecule has 2 amide bonds. The fraction of sp³-hybridized carbons (Fsp3) is 0.909. The lowest BCUT2D eigenvalue weighted by atomic mass is 10.1. The maximum absolute atomic E-state index is 11.6. The highest BCUT2D eigenvalue weighted by Gasteiger charge is 2.07. The predicted octanol–water partition coefficient (Wildman–Crippen LogP) is 1.33. The van der Waals surface area contributed by atoms with Gasteiger partial charge in [-0.15, -0.1) is 0 Å². The molecule has 0 atom stereocenters. The zero-order valence-corrected chi connectivity index (χ0v) is 21.1. The van der Waals surface area contributed by atoms with Crippen molar-refractivity contribution >= 4 is 11.8 Å². The van der Waals surface area contributed by atoms with Crippen molar-refractivity contribution in [2.75, 3.05) is 73.7 Å². The standard InChI is InChI=1S/C22H44N2O10/c1-19(2)7-9-28-13-30-15-32-17-34-18-33-16-31-14-29-12-11-27-10-8-23-21(25)5-6-22(26)24-20(3)4/h19-20H,5-18H2,1-4H3,(H,23,25)(H,24,26). The maximum Gasteiger partial charge on any atom is 0.220 e. The molecule has 0 aliphatic rings. The molecule has 0 saturated heterocycles. The van der Waals surface area contributed by atoms with Crippen molar-refractivity contribution in [3.63, 3.8) is 0 Å². The summed E-state index contributed by atoms with van der Waals surface area (Å²) in [6, 6.07) is 0.0689. The molecule has 12 heteroatoms. The average molecular weight is 497 g/mol. The van der Waals surface area contributed by atoms with Crippen molar-refractivity contribution in [2.45, 2.75) is 53.0 Å². The van der Waals surface area contributed by atoms with E-state index in [-0.39, 0.29) is 71.5 Å². The Morgan fingerprint density at radius 2 is 1.06 bits per heavy atom. The molecule has 0 aliphatic heterocycles. The van der Waals surface area contributed by atoms with Crippen LogP contribution in [-0.4, -0.2) is 91.6 Å². The lowest BCUT2D eigenvalue weighted by Gasteiger charge is -2.10. The molecule has 0 aromatic heterocycles. The Balaban J connectivity index is 3.17. The van der Waals surface area contributed by atoms with Crippen LogP contribution in [0.3, 0.4) is 0 Å². The van der Waals surface area contributed by atoms with Crippen molar-refractivity contribution in [3.05, 3.63) is 0 Å². The summed E-state index contributed by atoms with van der Waals surface area (Å²) in [6.45, 7) is 10.5. The first-order chi connectivity index (χ1) is 16.4. The topological polar surface area (TPSA) is 132 Å². The molecule has 2 N–H and O–H groups in total. The van der Waals surface area contributed by atoms with Crippen LogP contribution in [-0.2, 0) is 47.5 Å². The molecule has 0 heterocycles. The molecule has 202 valence electrons. The van der Waals surface area contributed by atoms with E-state index in [1.807, 2.05) is 13.8 Å². The van der Waals surface area contributed by atoms with E-state index in [0.29, 0.717) is 38.9 Å². The Morgan fingerprint density at radius 3 is 1.59 bits per heavy atom. The van der Waals surface area contributed by atoms with Gasteiger partial charge in [0.05, 0.1) is 19.8 Å². The van der Waals surface area contributed by atoms with E-state index < -0.39 is 0 Å².